The molecule has 10 nitrogen and oxygen atoms in total. The third-order valence-electron chi connectivity index (χ3n) is 7.15. The van der Waals surface area contributed by atoms with Crippen LogP contribution in [0.4, 0.5) is 4.79 Å². The Morgan fingerprint density at radius 2 is 1.62 bits per heavy atom. The highest BCUT2D eigenvalue weighted by Gasteiger charge is 2.45. The van der Waals surface area contributed by atoms with E-state index in [1.807, 2.05) is 60.7 Å². The molecule has 0 unspecified atom stereocenters. The molecular formula is C29H36N6O4. The molecule has 4 atom stereocenters. The van der Waals surface area contributed by atoms with E-state index in [9.17, 15) is 14.4 Å². The Labute approximate surface area is 228 Å². The lowest BCUT2D eigenvalue weighted by atomic mass is 9.95. The first-order chi connectivity index (χ1) is 18.7. The zero-order valence-corrected chi connectivity index (χ0v) is 22.6. The summed E-state index contributed by atoms with van der Waals surface area (Å²) in [5.74, 6) is -0.584. The van der Waals surface area contributed by atoms with Gasteiger partial charge >= 0.3 is 6.09 Å². The van der Waals surface area contributed by atoms with Crippen molar-refractivity contribution in [3.8, 4) is 0 Å². The fourth-order valence-electron chi connectivity index (χ4n) is 5.45. The Morgan fingerprint density at radius 1 is 1.00 bits per heavy atom. The largest absolute Gasteiger partial charge is 0.444 e. The summed E-state index contributed by atoms with van der Waals surface area (Å²) in [5.41, 5.74) is 10.2. The number of alkyl carbamates (subject to hydrolysis) is 1. The topological polar surface area (TPSA) is 136 Å². The average Bonchev–Trinajstić information content (AvgIpc) is 3.31. The fraction of sp³-hybridized carbons (Fsp3) is 0.483. The van der Waals surface area contributed by atoms with Gasteiger partial charge in [0.25, 0.3) is 0 Å². The Kier molecular flexibility index (Phi) is 8.76. The number of nitrogens with one attached hydrogen (secondary N) is 2. The maximum absolute atomic E-state index is 13.9. The molecule has 0 saturated carbocycles. The number of benzene rings is 2. The Hall–Kier alpha value is -4.04. The quantitative estimate of drug-likeness (QED) is 0.307. The molecule has 2 aromatic carbocycles. The number of carbonyl (C=O) groups excluding carboxylic acids is 3. The molecule has 2 aliphatic rings. The molecule has 4 rings (SSSR count). The van der Waals surface area contributed by atoms with Crippen LogP contribution in [0.25, 0.3) is 10.4 Å². The van der Waals surface area contributed by atoms with Crippen LogP contribution in [0.1, 0.15) is 70.0 Å². The summed E-state index contributed by atoms with van der Waals surface area (Å²) in [6.45, 7) is 5.24. The van der Waals surface area contributed by atoms with Crippen LogP contribution in [0.15, 0.2) is 65.8 Å². The van der Waals surface area contributed by atoms with Crippen molar-refractivity contribution in [1.82, 2.24) is 15.5 Å². The third kappa shape index (κ3) is 7.09. The normalized spacial score (nSPS) is 23.2. The zero-order valence-electron chi connectivity index (χ0n) is 22.6. The number of nitrogens with zero attached hydrogens (tertiary/aromatic N) is 4. The maximum atomic E-state index is 13.9. The first kappa shape index (κ1) is 28.0. The monoisotopic (exact) mass is 532 g/mol. The minimum Gasteiger partial charge on any atom is -0.444 e. The molecule has 2 fully saturated rings. The molecule has 0 aliphatic carbocycles. The molecular weight excluding hydrogens is 496 g/mol. The Balaban J connectivity index is 1.60. The maximum Gasteiger partial charge on any atom is 0.408 e. The molecule has 10 heteroatoms. The highest BCUT2D eigenvalue weighted by atomic mass is 16.6. The van der Waals surface area contributed by atoms with Gasteiger partial charge < -0.3 is 20.3 Å². The van der Waals surface area contributed by atoms with E-state index in [1.165, 1.54) is 0 Å². The van der Waals surface area contributed by atoms with Gasteiger partial charge in [0.2, 0.25) is 11.8 Å². The summed E-state index contributed by atoms with van der Waals surface area (Å²) in [6.07, 6.45) is 1.56. The molecule has 206 valence electrons. The lowest BCUT2D eigenvalue weighted by molar-refractivity contribution is -0.143. The van der Waals surface area contributed by atoms with Crippen molar-refractivity contribution in [2.24, 2.45) is 5.11 Å². The van der Waals surface area contributed by atoms with Crippen molar-refractivity contribution in [2.45, 2.75) is 88.7 Å². The van der Waals surface area contributed by atoms with Gasteiger partial charge in [-0.25, -0.2) is 4.79 Å². The number of azide groups is 1. The van der Waals surface area contributed by atoms with Crippen LogP contribution in [0.2, 0.25) is 0 Å². The predicted octanol–water partition coefficient (Wildman–Crippen LogP) is 5.01. The Bertz CT molecular complexity index is 1170. The van der Waals surface area contributed by atoms with Gasteiger partial charge in [-0.1, -0.05) is 65.8 Å². The molecule has 2 N–H and O–H groups in total. The van der Waals surface area contributed by atoms with E-state index in [0.29, 0.717) is 25.7 Å². The van der Waals surface area contributed by atoms with Crippen molar-refractivity contribution in [2.75, 3.05) is 0 Å². The fourth-order valence-corrected chi connectivity index (χ4v) is 5.45. The standard InChI is InChI=1S/C29H36N6O4/c1-29(2,3)39-28(38)31-23-16-14-21(33-34-30)18-22-15-17-24(35(22)27(23)37)26(36)32-25(19-10-6-4-7-11-19)20-12-8-5-9-13-20/h4-13,21-25H,14-18H2,1-3H3,(H,31,38)(H,32,36)/t21-,22-,23+,24+/m1/s1. The molecule has 0 aromatic heterocycles. The predicted molar refractivity (Wildman–Crippen MR) is 146 cm³/mol. The van der Waals surface area contributed by atoms with E-state index < -0.39 is 29.8 Å². The van der Waals surface area contributed by atoms with Crippen LogP contribution >= 0.6 is 0 Å². The number of amides is 3. The number of hydrogen-bond acceptors (Lipinski definition) is 5. The summed E-state index contributed by atoms with van der Waals surface area (Å²) in [6, 6.07) is 16.8. The molecule has 0 spiro atoms. The lowest BCUT2D eigenvalue weighted by Crippen LogP contribution is -2.57. The Morgan fingerprint density at radius 3 is 2.18 bits per heavy atom. The van der Waals surface area contributed by atoms with Gasteiger partial charge in [0.1, 0.15) is 17.7 Å². The van der Waals surface area contributed by atoms with Gasteiger partial charge in [-0.05, 0) is 69.5 Å². The van der Waals surface area contributed by atoms with Crippen molar-refractivity contribution < 1.29 is 19.1 Å². The van der Waals surface area contributed by atoms with Gasteiger partial charge in [0.05, 0.1) is 6.04 Å². The summed E-state index contributed by atoms with van der Waals surface area (Å²) in [5, 5.41) is 9.82. The van der Waals surface area contributed by atoms with Gasteiger partial charge in [-0.15, -0.1) is 0 Å². The minimum absolute atomic E-state index is 0.263. The minimum atomic E-state index is -0.897. The summed E-state index contributed by atoms with van der Waals surface area (Å²) in [7, 11) is 0. The second-order valence-corrected chi connectivity index (χ2v) is 11.1. The van der Waals surface area contributed by atoms with Crippen molar-refractivity contribution in [3.63, 3.8) is 0 Å². The van der Waals surface area contributed by atoms with Crippen molar-refractivity contribution in [1.29, 1.82) is 0 Å². The second kappa shape index (κ2) is 12.2. The van der Waals surface area contributed by atoms with E-state index in [2.05, 4.69) is 20.7 Å². The highest BCUT2D eigenvalue weighted by molar-refractivity contribution is 5.92. The van der Waals surface area contributed by atoms with Crippen LogP contribution in [-0.4, -0.2) is 52.6 Å². The molecule has 2 saturated heterocycles. The number of ether oxygens (including phenoxy) is 1. The molecule has 0 bridgehead atoms. The lowest BCUT2D eigenvalue weighted by Gasteiger charge is -2.37. The molecule has 0 radical (unpaired) electrons. The smallest absolute Gasteiger partial charge is 0.408 e. The van der Waals surface area contributed by atoms with Gasteiger partial charge in [-0.2, -0.15) is 0 Å². The van der Waals surface area contributed by atoms with Gasteiger partial charge in [0.15, 0.2) is 0 Å². The molecule has 3 amide bonds. The third-order valence-corrected chi connectivity index (χ3v) is 7.15. The molecule has 2 heterocycles. The summed E-state index contributed by atoms with van der Waals surface area (Å²) in [4.78, 5) is 44.9. The van der Waals surface area contributed by atoms with E-state index in [4.69, 9.17) is 10.3 Å². The van der Waals surface area contributed by atoms with E-state index in [1.54, 1.807) is 25.7 Å². The van der Waals surface area contributed by atoms with Crippen LogP contribution < -0.4 is 10.6 Å². The van der Waals surface area contributed by atoms with Crippen molar-refractivity contribution in [3.05, 3.63) is 82.2 Å². The number of fused-ring (bicyclic) bond motifs is 1. The summed E-state index contributed by atoms with van der Waals surface area (Å²) < 4.78 is 5.39. The molecule has 2 aromatic rings. The van der Waals surface area contributed by atoms with Gasteiger partial charge in [-0.3, -0.25) is 9.59 Å². The first-order valence-corrected chi connectivity index (χ1v) is 13.4. The van der Waals surface area contributed by atoms with Crippen molar-refractivity contribution >= 4 is 17.9 Å². The van der Waals surface area contributed by atoms with Crippen LogP contribution in [0, 0.1) is 0 Å². The number of hydrogen-bond donors (Lipinski definition) is 2. The van der Waals surface area contributed by atoms with E-state index in [-0.39, 0.29) is 30.3 Å². The van der Waals surface area contributed by atoms with E-state index in [0.717, 1.165) is 11.1 Å². The van der Waals surface area contributed by atoms with Crippen LogP contribution in [-0.2, 0) is 14.3 Å². The average molecular weight is 533 g/mol. The number of rotatable bonds is 6. The molecule has 2 aliphatic heterocycles. The summed E-state index contributed by atoms with van der Waals surface area (Å²) >= 11 is 0. The van der Waals surface area contributed by atoms with Crippen LogP contribution in [0.5, 0.6) is 0 Å². The first-order valence-electron chi connectivity index (χ1n) is 13.4. The second-order valence-electron chi connectivity index (χ2n) is 11.1. The highest BCUT2D eigenvalue weighted by Crippen LogP contribution is 2.33. The van der Waals surface area contributed by atoms with E-state index >= 15 is 0 Å². The number of carbonyl (C=O) groups is 3. The zero-order chi connectivity index (χ0) is 28.0. The molecule has 39 heavy (non-hydrogen) atoms. The van der Waals surface area contributed by atoms with Crippen LogP contribution in [0.3, 0.4) is 0 Å². The SMILES string of the molecule is CC(C)(C)OC(=O)N[C@H]1CC[C@@H](N=[N+]=[N-])C[C@H]2CC[C@@H](C(=O)NC(c3ccccc3)c3ccccc3)N2C1=O. The van der Waals surface area contributed by atoms with Gasteiger partial charge in [0, 0.05) is 17.0 Å².